The number of nitrogens with one attached hydrogen (secondary N) is 1. The van der Waals surface area contributed by atoms with E-state index < -0.39 is 19.5 Å². The Bertz CT molecular complexity index is 1010. The van der Waals surface area contributed by atoms with Crippen molar-refractivity contribution in [3.05, 3.63) is 72.6 Å². The number of phosphoric ester groups is 1. The summed E-state index contributed by atoms with van der Waals surface area (Å²) in [6.07, 6.45) is 0.877. The molecule has 0 bridgehead atoms. The first-order chi connectivity index (χ1) is 15.2. The van der Waals surface area contributed by atoms with Gasteiger partial charge in [0.05, 0.1) is 12.7 Å². The molecule has 1 amide bonds. The Balaban J connectivity index is 1.62. The van der Waals surface area contributed by atoms with Crippen LogP contribution in [0.2, 0.25) is 0 Å². The highest BCUT2D eigenvalue weighted by molar-refractivity contribution is 7.49. The summed E-state index contributed by atoms with van der Waals surface area (Å²) in [5, 5.41) is 10.8. The Morgan fingerprint density at radius 3 is 2.09 bits per heavy atom. The summed E-state index contributed by atoms with van der Waals surface area (Å²) in [5.74, 6) is 0.643. The lowest BCUT2D eigenvalue weighted by Crippen LogP contribution is -2.32. The fraction of sp³-hybridized carbons (Fsp3) is 0.286. The summed E-state index contributed by atoms with van der Waals surface area (Å²) < 4.78 is 35.0. The van der Waals surface area contributed by atoms with Crippen LogP contribution in [0.1, 0.15) is 26.5 Å². The van der Waals surface area contributed by atoms with E-state index in [1.807, 2.05) is 0 Å². The number of carbonyl (C=O) groups excluding carboxylic acids is 1. The molecule has 10 nitrogen and oxygen atoms in total. The van der Waals surface area contributed by atoms with Crippen LogP contribution in [0, 0.1) is 0 Å². The Labute approximate surface area is 186 Å². The predicted molar refractivity (Wildman–Crippen MR) is 116 cm³/mol. The molecule has 0 fully saturated rings. The highest BCUT2D eigenvalue weighted by atomic mass is 31.2. The second-order valence-electron chi connectivity index (χ2n) is 7.58. The van der Waals surface area contributed by atoms with Gasteiger partial charge in [0.1, 0.15) is 22.8 Å². The van der Waals surface area contributed by atoms with Crippen molar-refractivity contribution >= 4 is 13.9 Å². The highest BCUT2D eigenvalue weighted by Crippen LogP contribution is 2.49. The van der Waals surface area contributed by atoms with Gasteiger partial charge >= 0.3 is 13.9 Å². The van der Waals surface area contributed by atoms with Crippen LogP contribution in [0.3, 0.4) is 0 Å². The topological polar surface area (TPSA) is 114 Å². The van der Waals surface area contributed by atoms with Crippen LogP contribution in [-0.2, 0) is 27.1 Å². The van der Waals surface area contributed by atoms with Gasteiger partial charge < -0.3 is 19.1 Å². The summed E-state index contributed by atoms with van der Waals surface area (Å²) in [5.41, 5.74) is -0.143. The van der Waals surface area contributed by atoms with Crippen molar-refractivity contribution in [1.82, 2.24) is 20.3 Å². The van der Waals surface area contributed by atoms with E-state index in [1.54, 1.807) is 81.4 Å². The highest BCUT2D eigenvalue weighted by Gasteiger charge is 2.31. The summed E-state index contributed by atoms with van der Waals surface area (Å²) in [4.78, 5) is 12.9. The van der Waals surface area contributed by atoms with Gasteiger partial charge in [-0.05, 0) is 45.0 Å². The molecule has 0 aliphatic carbocycles. The molecule has 3 aromatic rings. The number of hydrogen-bond donors (Lipinski definition) is 1. The van der Waals surface area contributed by atoms with Crippen molar-refractivity contribution in [3.63, 3.8) is 0 Å². The maximum atomic E-state index is 13.3. The smallest absolute Gasteiger partial charge is 0.444 e. The molecule has 32 heavy (non-hydrogen) atoms. The standard InChI is InChI=1S/C21H25N4O6P/c1-21(2,3)29-20(26)22-14-17-15-23-25(24-17)16-28-32(27,30-18-10-6-4-7-11-18)31-19-12-8-5-9-13-19/h4-13,15H,14,16H2,1-3H3,(H,22,26). The molecular formula is C21H25N4O6P. The van der Waals surface area contributed by atoms with Crippen molar-refractivity contribution in [2.75, 3.05) is 0 Å². The third-order valence-electron chi connectivity index (χ3n) is 3.65. The number of carbonyl (C=O) groups is 1. The van der Waals surface area contributed by atoms with Gasteiger partial charge in [0.2, 0.25) is 0 Å². The number of amides is 1. The van der Waals surface area contributed by atoms with Gasteiger partial charge in [-0.15, -0.1) is 0 Å². The minimum absolute atomic E-state index is 0.105. The van der Waals surface area contributed by atoms with E-state index in [0.717, 1.165) is 0 Å². The summed E-state index contributed by atoms with van der Waals surface area (Å²) in [6, 6.07) is 17.1. The molecule has 1 heterocycles. The van der Waals surface area contributed by atoms with Crippen LogP contribution in [0.15, 0.2) is 66.9 Å². The van der Waals surface area contributed by atoms with Crippen molar-refractivity contribution in [2.24, 2.45) is 0 Å². The number of rotatable bonds is 9. The van der Waals surface area contributed by atoms with E-state index in [4.69, 9.17) is 18.3 Å². The molecule has 0 aliphatic rings. The molecule has 0 saturated carbocycles. The average Bonchev–Trinajstić information content (AvgIpc) is 3.19. The number of aromatic nitrogens is 3. The van der Waals surface area contributed by atoms with Crippen molar-refractivity contribution in [1.29, 1.82) is 0 Å². The van der Waals surface area contributed by atoms with Gasteiger partial charge in [-0.1, -0.05) is 36.4 Å². The van der Waals surface area contributed by atoms with Crippen LogP contribution in [0.25, 0.3) is 0 Å². The molecule has 3 rings (SSSR count). The molecule has 0 spiro atoms. The Hall–Kier alpha value is -3.36. The van der Waals surface area contributed by atoms with Crippen LogP contribution in [0.5, 0.6) is 11.5 Å². The minimum atomic E-state index is -4.06. The van der Waals surface area contributed by atoms with Crippen LogP contribution < -0.4 is 14.4 Å². The quantitative estimate of drug-likeness (QED) is 0.463. The number of alkyl carbamates (subject to hydrolysis) is 1. The second kappa shape index (κ2) is 10.3. The molecule has 0 atom stereocenters. The summed E-state index contributed by atoms with van der Waals surface area (Å²) >= 11 is 0. The third kappa shape index (κ3) is 7.72. The van der Waals surface area contributed by atoms with E-state index >= 15 is 0 Å². The van der Waals surface area contributed by atoms with E-state index in [-0.39, 0.29) is 13.3 Å². The number of phosphoric acid groups is 1. The Kier molecular flexibility index (Phi) is 7.50. The number of para-hydroxylation sites is 2. The lowest BCUT2D eigenvalue weighted by Gasteiger charge is -2.19. The lowest BCUT2D eigenvalue weighted by atomic mass is 10.2. The maximum absolute atomic E-state index is 13.3. The monoisotopic (exact) mass is 460 g/mol. The molecule has 0 saturated heterocycles. The van der Waals surface area contributed by atoms with Gasteiger partial charge in [0.25, 0.3) is 0 Å². The molecule has 1 N–H and O–H groups in total. The molecule has 2 aromatic carbocycles. The molecule has 0 aliphatic heterocycles. The second-order valence-corrected chi connectivity index (χ2v) is 9.10. The SMILES string of the molecule is CC(C)(C)OC(=O)NCc1cnn(COP(=O)(Oc2ccccc2)Oc2ccccc2)n1. The molecule has 11 heteroatoms. The fourth-order valence-electron chi connectivity index (χ4n) is 2.37. The first-order valence-corrected chi connectivity index (χ1v) is 11.3. The first kappa shape index (κ1) is 23.3. The van der Waals surface area contributed by atoms with E-state index in [1.165, 1.54) is 11.0 Å². The lowest BCUT2D eigenvalue weighted by molar-refractivity contribution is 0.0522. The van der Waals surface area contributed by atoms with E-state index in [9.17, 15) is 9.36 Å². The molecule has 170 valence electrons. The largest absolute Gasteiger partial charge is 0.589 e. The van der Waals surface area contributed by atoms with Gasteiger partial charge in [0.15, 0.2) is 6.73 Å². The van der Waals surface area contributed by atoms with Gasteiger partial charge in [-0.2, -0.15) is 15.0 Å². The van der Waals surface area contributed by atoms with Crippen molar-refractivity contribution in [2.45, 2.75) is 39.6 Å². The minimum Gasteiger partial charge on any atom is -0.444 e. The zero-order valence-corrected chi connectivity index (χ0v) is 18.9. The van der Waals surface area contributed by atoms with Crippen LogP contribution in [-0.4, -0.2) is 26.7 Å². The Morgan fingerprint density at radius 1 is 1.00 bits per heavy atom. The van der Waals surface area contributed by atoms with Crippen molar-refractivity contribution in [3.8, 4) is 11.5 Å². The normalized spacial score (nSPS) is 11.6. The van der Waals surface area contributed by atoms with Crippen molar-refractivity contribution < 1.29 is 27.7 Å². The maximum Gasteiger partial charge on any atom is 0.589 e. The van der Waals surface area contributed by atoms with Gasteiger partial charge in [0, 0.05) is 0 Å². The number of hydrogen-bond acceptors (Lipinski definition) is 8. The first-order valence-electron chi connectivity index (χ1n) is 9.80. The Morgan fingerprint density at radius 2 is 1.56 bits per heavy atom. The summed E-state index contributed by atoms with van der Waals surface area (Å²) in [6.45, 7) is 5.12. The van der Waals surface area contributed by atoms with E-state index in [0.29, 0.717) is 17.2 Å². The number of benzene rings is 2. The zero-order chi connectivity index (χ0) is 23.0. The number of ether oxygens (including phenoxy) is 1. The molecular weight excluding hydrogens is 435 g/mol. The fourth-order valence-corrected chi connectivity index (χ4v) is 3.52. The predicted octanol–water partition coefficient (Wildman–Crippen LogP) is 4.54. The summed E-state index contributed by atoms with van der Waals surface area (Å²) in [7, 11) is -4.06. The van der Waals surface area contributed by atoms with E-state index in [2.05, 4.69) is 15.5 Å². The molecule has 0 unspecified atom stereocenters. The van der Waals surface area contributed by atoms with Crippen LogP contribution in [0.4, 0.5) is 4.79 Å². The van der Waals surface area contributed by atoms with Gasteiger partial charge in [-0.3, -0.25) is 0 Å². The zero-order valence-electron chi connectivity index (χ0n) is 18.0. The van der Waals surface area contributed by atoms with Gasteiger partial charge in [-0.25, -0.2) is 13.9 Å². The molecule has 0 radical (unpaired) electrons. The van der Waals surface area contributed by atoms with Crippen LogP contribution >= 0.6 is 7.82 Å². The third-order valence-corrected chi connectivity index (χ3v) is 4.95. The number of nitrogens with zero attached hydrogens (tertiary/aromatic N) is 3. The average molecular weight is 460 g/mol. The molecule has 1 aromatic heterocycles.